The van der Waals surface area contributed by atoms with Crippen LogP contribution in [0.3, 0.4) is 0 Å². The van der Waals surface area contributed by atoms with Crippen LogP contribution in [0, 0.1) is 5.92 Å². The third-order valence-corrected chi connectivity index (χ3v) is 2.80. The summed E-state index contributed by atoms with van der Waals surface area (Å²) in [7, 11) is 0. The van der Waals surface area contributed by atoms with Gasteiger partial charge in [-0.15, -0.1) is 0 Å². The number of nitrogens with one attached hydrogen (secondary N) is 1. The zero-order chi connectivity index (χ0) is 14.6. The molecule has 1 aromatic carbocycles. The minimum absolute atomic E-state index is 0.0769. The van der Waals surface area contributed by atoms with Gasteiger partial charge in [0.1, 0.15) is 0 Å². The first-order valence-electron chi connectivity index (χ1n) is 5.85. The highest BCUT2D eigenvalue weighted by Crippen LogP contribution is 2.31. The van der Waals surface area contributed by atoms with Gasteiger partial charge in [0.2, 0.25) is 0 Å². The molecule has 6 heteroatoms. The predicted octanol–water partition coefficient (Wildman–Crippen LogP) is 2.45. The van der Waals surface area contributed by atoms with Gasteiger partial charge < -0.3 is 10.4 Å². The van der Waals surface area contributed by atoms with Gasteiger partial charge in [-0.2, -0.15) is 13.2 Å². The summed E-state index contributed by atoms with van der Waals surface area (Å²) in [6.45, 7) is 3.20. The number of halogens is 3. The third-order valence-electron chi connectivity index (χ3n) is 2.80. The smallest absolute Gasteiger partial charge is 0.394 e. The van der Waals surface area contributed by atoms with Gasteiger partial charge in [-0.1, -0.05) is 26.0 Å². The van der Waals surface area contributed by atoms with Gasteiger partial charge in [-0.25, -0.2) is 0 Å². The van der Waals surface area contributed by atoms with Crippen molar-refractivity contribution in [3.63, 3.8) is 0 Å². The maximum absolute atomic E-state index is 12.8. The second kappa shape index (κ2) is 6.06. The van der Waals surface area contributed by atoms with Gasteiger partial charge in [0.05, 0.1) is 23.8 Å². The van der Waals surface area contributed by atoms with Crippen molar-refractivity contribution < 1.29 is 23.1 Å². The van der Waals surface area contributed by atoms with Crippen molar-refractivity contribution in [3.05, 3.63) is 35.4 Å². The first-order chi connectivity index (χ1) is 8.77. The Hall–Kier alpha value is -1.56. The Morgan fingerprint density at radius 2 is 1.89 bits per heavy atom. The van der Waals surface area contributed by atoms with Crippen molar-refractivity contribution in [1.29, 1.82) is 0 Å². The molecule has 3 nitrogen and oxygen atoms in total. The summed E-state index contributed by atoms with van der Waals surface area (Å²) in [5.41, 5.74) is -1.41. The van der Waals surface area contributed by atoms with Crippen molar-refractivity contribution in [2.75, 3.05) is 6.61 Å². The standard InChI is InChI=1S/C13H16F3NO2/c1-8(2)11(7-18)17-12(19)9-5-3-4-6-10(9)13(14,15)16/h3-6,8,11,18H,7H2,1-2H3,(H,17,19). The van der Waals surface area contributed by atoms with E-state index in [1.54, 1.807) is 13.8 Å². The molecule has 1 unspecified atom stereocenters. The number of amides is 1. The second-order valence-electron chi connectivity index (χ2n) is 4.55. The van der Waals surface area contributed by atoms with E-state index in [-0.39, 0.29) is 12.5 Å². The van der Waals surface area contributed by atoms with Gasteiger partial charge in [-0.3, -0.25) is 4.79 Å². The third kappa shape index (κ3) is 3.96. The molecule has 1 atom stereocenters. The number of aliphatic hydroxyl groups excluding tert-OH is 1. The fraction of sp³-hybridized carbons (Fsp3) is 0.462. The summed E-state index contributed by atoms with van der Waals surface area (Å²) in [5.74, 6) is -0.910. The molecule has 1 rings (SSSR count). The van der Waals surface area contributed by atoms with Crippen LogP contribution in [0.1, 0.15) is 29.8 Å². The molecule has 1 amide bonds. The maximum atomic E-state index is 12.8. The van der Waals surface area contributed by atoms with Crippen LogP contribution in [0.5, 0.6) is 0 Å². The van der Waals surface area contributed by atoms with E-state index in [4.69, 9.17) is 5.11 Å². The van der Waals surface area contributed by atoms with Crippen LogP contribution in [0.2, 0.25) is 0 Å². The molecule has 1 aromatic rings. The number of rotatable bonds is 4. The molecule has 0 fully saturated rings. The van der Waals surface area contributed by atoms with Crippen molar-refractivity contribution >= 4 is 5.91 Å². The van der Waals surface area contributed by atoms with Crippen molar-refractivity contribution in [2.45, 2.75) is 26.1 Å². The monoisotopic (exact) mass is 275 g/mol. The SMILES string of the molecule is CC(C)C(CO)NC(=O)c1ccccc1C(F)(F)F. The Balaban J connectivity index is 3.01. The van der Waals surface area contributed by atoms with Gasteiger partial charge in [0.25, 0.3) is 5.91 Å². The lowest BCUT2D eigenvalue weighted by Crippen LogP contribution is -2.41. The van der Waals surface area contributed by atoms with Crippen LogP contribution in [0.25, 0.3) is 0 Å². The fourth-order valence-electron chi connectivity index (χ4n) is 1.60. The molecule has 0 bridgehead atoms. The lowest BCUT2D eigenvalue weighted by molar-refractivity contribution is -0.137. The number of carbonyl (C=O) groups excluding carboxylic acids is 1. The number of carbonyl (C=O) groups is 1. The Morgan fingerprint density at radius 1 is 1.32 bits per heavy atom. The Morgan fingerprint density at radius 3 is 2.37 bits per heavy atom. The molecule has 0 radical (unpaired) electrons. The lowest BCUT2D eigenvalue weighted by Gasteiger charge is -2.21. The zero-order valence-corrected chi connectivity index (χ0v) is 10.7. The Kier molecular flexibility index (Phi) is 4.94. The molecule has 0 aliphatic heterocycles. The molecule has 0 aliphatic carbocycles. The van der Waals surface area contributed by atoms with Crippen LogP contribution < -0.4 is 5.32 Å². The minimum Gasteiger partial charge on any atom is -0.394 e. The first-order valence-corrected chi connectivity index (χ1v) is 5.85. The fourth-order valence-corrected chi connectivity index (χ4v) is 1.60. The number of hydrogen-bond acceptors (Lipinski definition) is 2. The molecule has 0 aromatic heterocycles. The lowest BCUT2D eigenvalue weighted by atomic mass is 10.0. The molecule has 0 saturated carbocycles. The molecule has 0 aliphatic rings. The van der Waals surface area contributed by atoms with E-state index in [1.807, 2.05) is 0 Å². The number of aliphatic hydroxyl groups is 1. The van der Waals surface area contributed by atoms with E-state index in [2.05, 4.69) is 5.32 Å². The van der Waals surface area contributed by atoms with E-state index in [9.17, 15) is 18.0 Å². The Bertz CT molecular complexity index is 444. The molecular weight excluding hydrogens is 259 g/mol. The number of hydrogen-bond donors (Lipinski definition) is 2. The van der Waals surface area contributed by atoms with Crippen molar-refractivity contribution in [2.24, 2.45) is 5.92 Å². The van der Waals surface area contributed by atoms with Crippen molar-refractivity contribution in [3.8, 4) is 0 Å². The van der Waals surface area contributed by atoms with Gasteiger partial charge in [-0.05, 0) is 18.1 Å². The van der Waals surface area contributed by atoms with Crippen LogP contribution in [-0.4, -0.2) is 23.7 Å². The van der Waals surface area contributed by atoms with Crippen LogP contribution >= 0.6 is 0 Å². The molecule has 106 valence electrons. The molecule has 0 spiro atoms. The minimum atomic E-state index is -4.58. The zero-order valence-electron chi connectivity index (χ0n) is 10.7. The average Bonchev–Trinajstić information content (AvgIpc) is 2.34. The van der Waals surface area contributed by atoms with Crippen LogP contribution in [-0.2, 0) is 6.18 Å². The molecule has 0 saturated heterocycles. The highest BCUT2D eigenvalue weighted by Gasteiger charge is 2.35. The summed E-state index contributed by atoms with van der Waals surface area (Å²) in [4.78, 5) is 11.9. The molecular formula is C13H16F3NO2. The number of benzene rings is 1. The Labute approximate surface area is 109 Å². The molecule has 19 heavy (non-hydrogen) atoms. The highest BCUT2D eigenvalue weighted by molar-refractivity contribution is 5.96. The van der Waals surface area contributed by atoms with Crippen LogP contribution in [0.15, 0.2) is 24.3 Å². The van der Waals surface area contributed by atoms with E-state index in [0.29, 0.717) is 0 Å². The maximum Gasteiger partial charge on any atom is 0.417 e. The van der Waals surface area contributed by atoms with Gasteiger partial charge in [0, 0.05) is 0 Å². The summed E-state index contributed by atoms with van der Waals surface area (Å²) in [5, 5.41) is 11.5. The summed E-state index contributed by atoms with van der Waals surface area (Å²) in [6, 6.07) is 4.00. The van der Waals surface area contributed by atoms with Gasteiger partial charge in [0.15, 0.2) is 0 Å². The summed E-state index contributed by atoms with van der Waals surface area (Å²) in [6.07, 6.45) is -4.58. The topological polar surface area (TPSA) is 49.3 Å². The van der Waals surface area contributed by atoms with E-state index in [1.165, 1.54) is 12.1 Å². The molecule has 2 N–H and O–H groups in total. The van der Waals surface area contributed by atoms with E-state index in [0.717, 1.165) is 12.1 Å². The summed E-state index contributed by atoms with van der Waals surface area (Å²) >= 11 is 0. The van der Waals surface area contributed by atoms with Crippen molar-refractivity contribution in [1.82, 2.24) is 5.32 Å². The van der Waals surface area contributed by atoms with E-state index >= 15 is 0 Å². The summed E-state index contributed by atoms with van der Waals surface area (Å²) < 4.78 is 38.3. The van der Waals surface area contributed by atoms with E-state index < -0.39 is 29.3 Å². The molecule has 0 heterocycles. The normalized spacial score (nSPS) is 13.4. The largest absolute Gasteiger partial charge is 0.417 e. The quantitative estimate of drug-likeness (QED) is 0.886. The van der Waals surface area contributed by atoms with Crippen LogP contribution in [0.4, 0.5) is 13.2 Å². The first kappa shape index (κ1) is 15.5. The average molecular weight is 275 g/mol. The number of alkyl halides is 3. The highest BCUT2D eigenvalue weighted by atomic mass is 19.4. The predicted molar refractivity (Wildman–Crippen MR) is 64.6 cm³/mol. The second-order valence-corrected chi connectivity index (χ2v) is 4.55. The van der Waals surface area contributed by atoms with Gasteiger partial charge >= 0.3 is 6.18 Å².